The molecule has 1 saturated heterocycles. The molecule has 1 fully saturated rings. The Morgan fingerprint density at radius 3 is 2.58 bits per heavy atom. The SMILES string of the molecule is COC(=O)COCC1CCN(C(=O)OC(C)(C)C)C1. The monoisotopic (exact) mass is 273 g/mol. The maximum atomic E-state index is 11.8. The van der Waals surface area contributed by atoms with Crippen LogP contribution in [0.15, 0.2) is 0 Å². The zero-order valence-electron chi connectivity index (χ0n) is 12.1. The molecule has 0 aromatic carbocycles. The van der Waals surface area contributed by atoms with Crippen LogP contribution in [0.4, 0.5) is 4.79 Å². The van der Waals surface area contributed by atoms with E-state index in [1.54, 1.807) is 4.90 Å². The van der Waals surface area contributed by atoms with Crippen LogP contribution >= 0.6 is 0 Å². The standard InChI is InChI=1S/C13H23NO5/c1-13(2,3)19-12(16)14-6-5-10(7-14)8-18-9-11(15)17-4/h10H,5-9H2,1-4H3. The van der Waals surface area contributed by atoms with Crippen molar-refractivity contribution in [2.24, 2.45) is 5.92 Å². The van der Waals surface area contributed by atoms with Crippen LogP contribution < -0.4 is 0 Å². The Labute approximate surface area is 114 Å². The summed E-state index contributed by atoms with van der Waals surface area (Å²) in [6, 6.07) is 0. The van der Waals surface area contributed by atoms with Gasteiger partial charge in [-0.2, -0.15) is 0 Å². The van der Waals surface area contributed by atoms with Crippen LogP contribution in [0.25, 0.3) is 0 Å². The molecule has 0 saturated carbocycles. The van der Waals surface area contributed by atoms with Crippen LogP contribution in [0.1, 0.15) is 27.2 Å². The van der Waals surface area contributed by atoms with Crippen molar-refractivity contribution in [3.63, 3.8) is 0 Å². The molecule has 0 radical (unpaired) electrons. The number of carbonyl (C=O) groups is 2. The molecule has 6 heteroatoms. The van der Waals surface area contributed by atoms with Crippen molar-refractivity contribution in [2.75, 3.05) is 33.4 Å². The fourth-order valence-corrected chi connectivity index (χ4v) is 1.83. The molecule has 1 unspecified atom stereocenters. The minimum atomic E-state index is -0.476. The van der Waals surface area contributed by atoms with Gasteiger partial charge in [0.25, 0.3) is 0 Å². The lowest BCUT2D eigenvalue weighted by atomic mass is 10.1. The summed E-state index contributed by atoms with van der Waals surface area (Å²) in [4.78, 5) is 24.4. The topological polar surface area (TPSA) is 65.1 Å². The molecular formula is C13H23NO5. The number of likely N-dealkylation sites (tertiary alicyclic amines) is 1. The second kappa shape index (κ2) is 6.75. The van der Waals surface area contributed by atoms with Crippen molar-refractivity contribution in [1.29, 1.82) is 0 Å². The molecule has 1 atom stereocenters. The van der Waals surface area contributed by atoms with Gasteiger partial charge >= 0.3 is 12.1 Å². The number of hydrogen-bond acceptors (Lipinski definition) is 5. The van der Waals surface area contributed by atoms with E-state index < -0.39 is 5.60 Å². The summed E-state index contributed by atoms with van der Waals surface area (Å²) < 4.78 is 15.0. The fourth-order valence-electron chi connectivity index (χ4n) is 1.83. The first-order chi connectivity index (χ1) is 8.81. The van der Waals surface area contributed by atoms with Gasteiger partial charge < -0.3 is 19.1 Å². The minimum absolute atomic E-state index is 0.0422. The van der Waals surface area contributed by atoms with Crippen molar-refractivity contribution < 1.29 is 23.8 Å². The number of hydrogen-bond donors (Lipinski definition) is 0. The molecule has 19 heavy (non-hydrogen) atoms. The lowest BCUT2D eigenvalue weighted by Gasteiger charge is -2.24. The maximum absolute atomic E-state index is 11.8. The lowest BCUT2D eigenvalue weighted by Crippen LogP contribution is -2.35. The Morgan fingerprint density at radius 2 is 2.00 bits per heavy atom. The fraction of sp³-hybridized carbons (Fsp3) is 0.846. The van der Waals surface area contributed by atoms with Gasteiger partial charge in [0.2, 0.25) is 0 Å². The molecule has 0 aromatic rings. The van der Waals surface area contributed by atoms with Gasteiger partial charge in [0.1, 0.15) is 12.2 Å². The van der Waals surface area contributed by atoms with E-state index in [9.17, 15) is 9.59 Å². The quantitative estimate of drug-likeness (QED) is 0.725. The number of esters is 1. The summed E-state index contributed by atoms with van der Waals surface area (Å²) in [5.41, 5.74) is -0.476. The molecule has 1 rings (SSSR count). The summed E-state index contributed by atoms with van der Waals surface area (Å²) in [6.07, 6.45) is 0.573. The van der Waals surface area contributed by atoms with Gasteiger partial charge in [0.05, 0.1) is 13.7 Å². The Bertz CT molecular complexity index is 323. The zero-order valence-corrected chi connectivity index (χ0v) is 12.1. The Morgan fingerprint density at radius 1 is 1.32 bits per heavy atom. The number of ether oxygens (including phenoxy) is 3. The highest BCUT2D eigenvalue weighted by atomic mass is 16.6. The van der Waals surface area contributed by atoms with Gasteiger partial charge in [-0.05, 0) is 27.2 Å². The molecule has 1 amide bonds. The lowest BCUT2D eigenvalue weighted by molar-refractivity contribution is -0.146. The largest absolute Gasteiger partial charge is 0.467 e. The summed E-state index contributed by atoms with van der Waals surface area (Å²) in [5, 5.41) is 0. The summed E-state index contributed by atoms with van der Waals surface area (Å²) in [7, 11) is 1.32. The molecule has 110 valence electrons. The van der Waals surface area contributed by atoms with Crippen LogP contribution in [0.5, 0.6) is 0 Å². The van der Waals surface area contributed by atoms with Crippen LogP contribution in [0.2, 0.25) is 0 Å². The van der Waals surface area contributed by atoms with E-state index in [0.717, 1.165) is 6.42 Å². The number of carbonyl (C=O) groups excluding carboxylic acids is 2. The van der Waals surface area contributed by atoms with E-state index in [1.807, 2.05) is 20.8 Å². The van der Waals surface area contributed by atoms with Gasteiger partial charge in [0, 0.05) is 19.0 Å². The second-order valence-electron chi connectivity index (χ2n) is 5.67. The number of rotatable bonds is 4. The van der Waals surface area contributed by atoms with Crippen molar-refractivity contribution >= 4 is 12.1 Å². The number of nitrogens with zero attached hydrogens (tertiary/aromatic N) is 1. The molecule has 1 heterocycles. The van der Waals surface area contributed by atoms with Crippen LogP contribution in [-0.4, -0.2) is 56.0 Å². The van der Waals surface area contributed by atoms with Gasteiger partial charge in [-0.15, -0.1) is 0 Å². The average molecular weight is 273 g/mol. The Kier molecular flexibility index (Phi) is 5.60. The van der Waals surface area contributed by atoms with E-state index in [-0.39, 0.29) is 24.6 Å². The van der Waals surface area contributed by atoms with Crippen molar-refractivity contribution in [3.8, 4) is 0 Å². The smallest absolute Gasteiger partial charge is 0.410 e. The molecule has 1 aliphatic rings. The average Bonchev–Trinajstić information content (AvgIpc) is 2.75. The third kappa shape index (κ3) is 5.92. The number of methoxy groups -OCH3 is 1. The number of amides is 1. The normalized spacial score (nSPS) is 19.4. The van der Waals surface area contributed by atoms with Crippen molar-refractivity contribution in [2.45, 2.75) is 32.8 Å². The summed E-state index contributed by atoms with van der Waals surface area (Å²) in [6.45, 7) is 7.22. The first-order valence-corrected chi connectivity index (χ1v) is 6.44. The van der Waals surface area contributed by atoms with E-state index in [2.05, 4.69) is 4.74 Å². The third-order valence-corrected chi connectivity index (χ3v) is 2.74. The Balaban J connectivity index is 2.26. The summed E-state index contributed by atoms with van der Waals surface area (Å²) in [5.74, 6) is -0.140. The molecule has 0 spiro atoms. The Hall–Kier alpha value is -1.30. The second-order valence-corrected chi connectivity index (χ2v) is 5.67. The molecule has 0 aromatic heterocycles. The molecule has 0 aliphatic carbocycles. The predicted octanol–water partition coefficient (Wildman–Crippen LogP) is 1.43. The maximum Gasteiger partial charge on any atom is 0.410 e. The van der Waals surface area contributed by atoms with Gasteiger partial charge in [0.15, 0.2) is 0 Å². The van der Waals surface area contributed by atoms with Crippen LogP contribution in [-0.2, 0) is 19.0 Å². The van der Waals surface area contributed by atoms with Crippen molar-refractivity contribution in [3.05, 3.63) is 0 Å². The molecule has 0 bridgehead atoms. The van der Waals surface area contributed by atoms with Gasteiger partial charge in [-0.3, -0.25) is 0 Å². The van der Waals surface area contributed by atoms with Crippen molar-refractivity contribution in [1.82, 2.24) is 4.90 Å². The van der Waals surface area contributed by atoms with Gasteiger partial charge in [-0.25, -0.2) is 9.59 Å². The predicted molar refractivity (Wildman–Crippen MR) is 68.7 cm³/mol. The first-order valence-electron chi connectivity index (χ1n) is 6.44. The highest BCUT2D eigenvalue weighted by Crippen LogP contribution is 2.19. The van der Waals surface area contributed by atoms with E-state index in [1.165, 1.54) is 7.11 Å². The van der Waals surface area contributed by atoms with E-state index in [0.29, 0.717) is 19.7 Å². The van der Waals surface area contributed by atoms with Gasteiger partial charge in [-0.1, -0.05) is 0 Å². The summed E-state index contributed by atoms with van der Waals surface area (Å²) >= 11 is 0. The third-order valence-electron chi connectivity index (χ3n) is 2.74. The molecular weight excluding hydrogens is 250 g/mol. The van der Waals surface area contributed by atoms with Crippen LogP contribution in [0, 0.1) is 5.92 Å². The highest BCUT2D eigenvalue weighted by molar-refractivity contribution is 5.70. The van der Waals surface area contributed by atoms with E-state index in [4.69, 9.17) is 9.47 Å². The van der Waals surface area contributed by atoms with E-state index >= 15 is 0 Å². The zero-order chi connectivity index (χ0) is 14.5. The first kappa shape index (κ1) is 15.8. The molecule has 6 nitrogen and oxygen atoms in total. The highest BCUT2D eigenvalue weighted by Gasteiger charge is 2.29. The van der Waals surface area contributed by atoms with Crippen LogP contribution in [0.3, 0.4) is 0 Å². The molecule has 1 aliphatic heterocycles. The molecule has 0 N–H and O–H groups in total. The minimum Gasteiger partial charge on any atom is -0.467 e.